The molecule has 0 spiro atoms. The Morgan fingerprint density at radius 2 is 1.81 bits per heavy atom. The molecule has 1 aromatic rings. The summed E-state index contributed by atoms with van der Waals surface area (Å²) >= 11 is 0. The summed E-state index contributed by atoms with van der Waals surface area (Å²) in [7, 11) is 0. The van der Waals surface area contributed by atoms with E-state index in [9.17, 15) is 0 Å². The molecular formula is C28H43NO2. The first-order valence-electron chi connectivity index (χ1n) is 12.8. The number of nitrogens with zero attached hydrogens (tertiary/aromatic N) is 1. The van der Waals surface area contributed by atoms with Gasteiger partial charge < -0.3 is 14.4 Å². The van der Waals surface area contributed by atoms with E-state index in [1.807, 2.05) is 0 Å². The number of fused-ring (bicyclic) bond motifs is 1. The van der Waals surface area contributed by atoms with Crippen molar-refractivity contribution in [1.29, 1.82) is 0 Å². The molecule has 0 radical (unpaired) electrons. The van der Waals surface area contributed by atoms with Crippen molar-refractivity contribution in [3.05, 3.63) is 41.5 Å². The highest BCUT2D eigenvalue weighted by Crippen LogP contribution is 2.34. The first-order chi connectivity index (χ1) is 15.0. The van der Waals surface area contributed by atoms with Crippen LogP contribution in [0.3, 0.4) is 0 Å². The van der Waals surface area contributed by atoms with Crippen molar-refractivity contribution in [2.24, 2.45) is 11.8 Å². The fourth-order valence-electron chi connectivity index (χ4n) is 5.63. The summed E-state index contributed by atoms with van der Waals surface area (Å²) in [6, 6.07) is 9.49. The van der Waals surface area contributed by atoms with Crippen LogP contribution in [-0.2, 0) is 15.9 Å². The van der Waals surface area contributed by atoms with Crippen molar-refractivity contribution < 1.29 is 9.47 Å². The van der Waals surface area contributed by atoms with Crippen LogP contribution in [-0.4, -0.2) is 37.5 Å². The van der Waals surface area contributed by atoms with Crippen LogP contribution in [0.1, 0.15) is 78.2 Å². The molecule has 1 fully saturated rings. The van der Waals surface area contributed by atoms with Gasteiger partial charge in [0.2, 0.25) is 0 Å². The van der Waals surface area contributed by atoms with Crippen LogP contribution >= 0.6 is 0 Å². The maximum atomic E-state index is 6.52. The van der Waals surface area contributed by atoms with Crippen LogP contribution in [0.25, 0.3) is 0 Å². The number of para-hydroxylation sites is 1. The Labute approximate surface area is 190 Å². The predicted molar refractivity (Wildman–Crippen MR) is 130 cm³/mol. The van der Waals surface area contributed by atoms with Gasteiger partial charge in [-0.1, -0.05) is 36.3 Å². The normalized spacial score (nSPS) is 25.8. The molecule has 4 atom stereocenters. The molecule has 3 aliphatic rings. The molecule has 1 aliphatic heterocycles. The van der Waals surface area contributed by atoms with Gasteiger partial charge in [-0.2, -0.15) is 0 Å². The van der Waals surface area contributed by atoms with E-state index in [-0.39, 0.29) is 0 Å². The van der Waals surface area contributed by atoms with Crippen LogP contribution in [0.4, 0.5) is 5.69 Å². The van der Waals surface area contributed by atoms with Gasteiger partial charge in [-0.05, 0) is 96.1 Å². The molecule has 0 saturated heterocycles. The van der Waals surface area contributed by atoms with E-state index in [0.717, 1.165) is 44.8 Å². The highest BCUT2D eigenvalue weighted by Gasteiger charge is 2.28. The quantitative estimate of drug-likeness (QED) is 0.397. The van der Waals surface area contributed by atoms with E-state index in [1.54, 1.807) is 0 Å². The zero-order valence-corrected chi connectivity index (χ0v) is 20.2. The first kappa shape index (κ1) is 22.9. The Balaban J connectivity index is 1.20. The molecule has 0 aromatic heterocycles. The SMILES string of the molecule is CC(CC1=CCC(OC(C)CC2Cc3ccccc3N(C(C)C)C2)C1)OCC1CCC1. The lowest BCUT2D eigenvalue weighted by Crippen LogP contribution is -2.41. The molecule has 3 heteroatoms. The summed E-state index contributed by atoms with van der Waals surface area (Å²) in [5.74, 6) is 1.50. The molecule has 0 N–H and O–H groups in total. The Hall–Kier alpha value is -1.32. The lowest BCUT2D eigenvalue weighted by atomic mass is 9.86. The average Bonchev–Trinajstić information content (AvgIpc) is 3.12. The Bertz CT molecular complexity index is 738. The average molecular weight is 426 g/mol. The van der Waals surface area contributed by atoms with E-state index >= 15 is 0 Å². The van der Waals surface area contributed by atoms with Crippen LogP contribution in [0, 0.1) is 11.8 Å². The monoisotopic (exact) mass is 425 g/mol. The minimum atomic E-state index is 0.314. The fraction of sp³-hybridized carbons (Fsp3) is 0.714. The van der Waals surface area contributed by atoms with Crippen molar-refractivity contribution >= 4 is 5.69 Å². The van der Waals surface area contributed by atoms with Crippen molar-refractivity contribution in [3.63, 3.8) is 0 Å². The van der Waals surface area contributed by atoms with Gasteiger partial charge >= 0.3 is 0 Å². The summed E-state index contributed by atoms with van der Waals surface area (Å²) in [6.45, 7) is 11.2. The maximum Gasteiger partial charge on any atom is 0.0650 e. The molecule has 172 valence electrons. The van der Waals surface area contributed by atoms with Gasteiger partial charge in [-0.3, -0.25) is 0 Å². The lowest BCUT2D eigenvalue weighted by molar-refractivity contribution is -0.00918. The predicted octanol–water partition coefficient (Wildman–Crippen LogP) is 6.55. The van der Waals surface area contributed by atoms with E-state index in [1.165, 1.54) is 42.5 Å². The van der Waals surface area contributed by atoms with Gasteiger partial charge in [-0.15, -0.1) is 0 Å². The molecule has 31 heavy (non-hydrogen) atoms. The van der Waals surface area contributed by atoms with E-state index < -0.39 is 0 Å². The molecular weight excluding hydrogens is 382 g/mol. The van der Waals surface area contributed by atoms with Gasteiger partial charge in [0.05, 0.1) is 18.3 Å². The summed E-state index contributed by atoms with van der Waals surface area (Å²) in [4.78, 5) is 2.58. The van der Waals surface area contributed by atoms with Gasteiger partial charge in [0.25, 0.3) is 0 Å². The molecule has 3 nitrogen and oxygen atoms in total. The molecule has 0 bridgehead atoms. The van der Waals surface area contributed by atoms with Gasteiger partial charge in [-0.25, -0.2) is 0 Å². The molecule has 4 unspecified atom stereocenters. The maximum absolute atomic E-state index is 6.52. The largest absolute Gasteiger partial charge is 0.378 e. The molecule has 2 aliphatic carbocycles. The number of benzene rings is 1. The summed E-state index contributed by atoms with van der Waals surface area (Å²) in [5, 5.41) is 0. The number of rotatable bonds is 10. The fourth-order valence-corrected chi connectivity index (χ4v) is 5.63. The summed E-state index contributed by atoms with van der Waals surface area (Å²) in [6.07, 6.45) is 13.1. The van der Waals surface area contributed by atoms with Crippen molar-refractivity contribution in [2.45, 2.75) is 103 Å². The molecule has 4 rings (SSSR count). The minimum absolute atomic E-state index is 0.314. The number of anilines is 1. The Morgan fingerprint density at radius 1 is 1.00 bits per heavy atom. The third-order valence-electron chi connectivity index (χ3n) is 7.53. The zero-order chi connectivity index (χ0) is 21.8. The van der Waals surface area contributed by atoms with Crippen molar-refractivity contribution in [2.75, 3.05) is 18.1 Å². The van der Waals surface area contributed by atoms with Crippen molar-refractivity contribution in [3.8, 4) is 0 Å². The highest BCUT2D eigenvalue weighted by atomic mass is 16.5. The smallest absolute Gasteiger partial charge is 0.0650 e. The summed E-state index contributed by atoms with van der Waals surface area (Å²) in [5.41, 5.74) is 4.47. The minimum Gasteiger partial charge on any atom is -0.378 e. The molecule has 1 saturated carbocycles. The van der Waals surface area contributed by atoms with Crippen LogP contribution in [0.15, 0.2) is 35.9 Å². The Morgan fingerprint density at radius 3 is 2.55 bits per heavy atom. The van der Waals surface area contributed by atoms with Gasteiger partial charge in [0.1, 0.15) is 0 Å². The second-order valence-corrected chi connectivity index (χ2v) is 10.7. The van der Waals surface area contributed by atoms with E-state index in [0.29, 0.717) is 30.3 Å². The van der Waals surface area contributed by atoms with Crippen LogP contribution < -0.4 is 4.90 Å². The van der Waals surface area contributed by atoms with Crippen LogP contribution in [0.5, 0.6) is 0 Å². The van der Waals surface area contributed by atoms with E-state index in [2.05, 4.69) is 62.9 Å². The number of hydrogen-bond acceptors (Lipinski definition) is 3. The standard InChI is InChI=1S/C28H43NO2/c1-20(2)29-18-25(16-26-10-5-6-11-28(26)29)15-22(4)31-27-13-12-24(17-27)14-21(3)30-19-23-8-7-9-23/h5-6,10-12,20-23,25,27H,7-9,13-19H2,1-4H3. The third-order valence-corrected chi connectivity index (χ3v) is 7.53. The Kier molecular flexibility index (Phi) is 7.77. The van der Waals surface area contributed by atoms with Crippen LogP contribution in [0.2, 0.25) is 0 Å². The number of hydrogen-bond donors (Lipinski definition) is 0. The zero-order valence-electron chi connectivity index (χ0n) is 20.2. The third kappa shape index (κ3) is 6.14. The second kappa shape index (κ2) is 10.5. The molecule has 1 heterocycles. The van der Waals surface area contributed by atoms with Gasteiger partial charge in [0, 0.05) is 24.9 Å². The second-order valence-electron chi connectivity index (χ2n) is 10.7. The summed E-state index contributed by atoms with van der Waals surface area (Å²) < 4.78 is 12.6. The molecule has 0 amide bonds. The first-order valence-corrected chi connectivity index (χ1v) is 12.8. The molecule has 1 aromatic carbocycles. The van der Waals surface area contributed by atoms with Crippen molar-refractivity contribution in [1.82, 2.24) is 0 Å². The topological polar surface area (TPSA) is 21.7 Å². The lowest BCUT2D eigenvalue weighted by Gasteiger charge is -2.39. The van der Waals surface area contributed by atoms with E-state index in [4.69, 9.17) is 9.47 Å². The highest BCUT2D eigenvalue weighted by molar-refractivity contribution is 5.56. The van der Waals surface area contributed by atoms with Gasteiger partial charge in [0.15, 0.2) is 0 Å². The number of ether oxygens (including phenoxy) is 2.